The van der Waals surface area contributed by atoms with E-state index in [0.717, 1.165) is 31.6 Å². The van der Waals surface area contributed by atoms with E-state index in [1.54, 1.807) is 13.8 Å². The average Bonchev–Trinajstić information content (AvgIpc) is 3.52. The van der Waals surface area contributed by atoms with Crippen LogP contribution in [-0.4, -0.2) is 84.4 Å². The summed E-state index contributed by atoms with van der Waals surface area (Å²) in [4.78, 5) is 25.5. The summed E-state index contributed by atoms with van der Waals surface area (Å²) in [5.74, 6) is 1.93. The van der Waals surface area contributed by atoms with E-state index in [0.29, 0.717) is 53.7 Å². The number of primary amides is 1. The minimum Gasteiger partial charge on any atom is -0.457 e. The number of hydrogen-bond donors (Lipinski definition) is 2. The van der Waals surface area contributed by atoms with Crippen molar-refractivity contribution in [2.24, 2.45) is 51.1 Å². The van der Waals surface area contributed by atoms with Crippen molar-refractivity contribution in [2.45, 2.75) is 142 Å². The molecule has 0 aromatic heterocycles. The van der Waals surface area contributed by atoms with Gasteiger partial charge in [0.1, 0.15) is 0 Å². The number of nitrogens with zero attached hydrogens (tertiary/aromatic N) is 1. The van der Waals surface area contributed by atoms with Crippen LogP contribution >= 0.6 is 0 Å². The Kier molecular flexibility index (Phi) is 7.81. The van der Waals surface area contributed by atoms with Crippen molar-refractivity contribution in [3.8, 4) is 0 Å². The molecular formula is C36H58N2O7. The van der Waals surface area contributed by atoms with Crippen molar-refractivity contribution < 1.29 is 33.6 Å². The molecule has 0 radical (unpaired) electrons. The molecule has 12 atom stereocenters. The molecule has 5 aliphatic carbocycles. The molecule has 9 nitrogen and oxygen atoms in total. The number of morpholine rings is 1. The zero-order valence-corrected chi connectivity index (χ0v) is 28.5. The quantitative estimate of drug-likeness (QED) is 0.397. The van der Waals surface area contributed by atoms with Gasteiger partial charge in [0.15, 0.2) is 12.4 Å². The average molecular weight is 631 g/mol. The molecule has 0 aromatic rings. The first kappa shape index (κ1) is 32.3. The van der Waals surface area contributed by atoms with Crippen LogP contribution in [0.4, 0.5) is 0 Å². The Morgan fingerprint density at radius 3 is 2.49 bits per heavy atom. The van der Waals surface area contributed by atoms with Crippen LogP contribution in [-0.2, 0) is 28.5 Å². The van der Waals surface area contributed by atoms with Gasteiger partial charge in [0.2, 0.25) is 5.91 Å². The molecule has 45 heavy (non-hydrogen) atoms. The van der Waals surface area contributed by atoms with Gasteiger partial charge in [-0.15, -0.1) is 0 Å². The Labute approximate surface area is 269 Å². The van der Waals surface area contributed by atoms with Gasteiger partial charge in [-0.25, -0.2) is 0 Å². The molecule has 7 fully saturated rings. The topological polar surface area (TPSA) is 121 Å². The molecule has 2 heterocycles. The fourth-order valence-electron chi connectivity index (χ4n) is 12.9. The van der Waals surface area contributed by atoms with Gasteiger partial charge in [-0.1, -0.05) is 20.8 Å². The minimum atomic E-state index is -1.15. The number of rotatable bonds is 7. The summed E-state index contributed by atoms with van der Waals surface area (Å²) in [5, 5.41) is 10.9. The number of nitrogens with two attached hydrogens (primary N) is 1. The van der Waals surface area contributed by atoms with Crippen LogP contribution in [0, 0.1) is 45.3 Å². The highest BCUT2D eigenvalue weighted by atomic mass is 16.7. The van der Waals surface area contributed by atoms with E-state index in [2.05, 4.69) is 25.7 Å². The van der Waals surface area contributed by atoms with Gasteiger partial charge in [-0.3, -0.25) is 14.5 Å². The molecule has 2 aliphatic heterocycles. The highest BCUT2D eigenvalue weighted by Gasteiger charge is 2.80. The highest BCUT2D eigenvalue weighted by molar-refractivity contribution is 5.75. The number of hydrogen-bond acceptors (Lipinski definition) is 8. The molecule has 1 amide bonds. The minimum absolute atomic E-state index is 0.0611. The second-order valence-corrected chi connectivity index (χ2v) is 17.6. The third-order valence-corrected chi connectivity index (χ3v) is 14.7. The molecule has 254 valence electrons. The molecule has 7 rings (SSSR count). The molecule has 2 saturated heterocycles. The first-order valence-corrected chi connectivity index (χ1v) is 17.9. The van der Waals surface area contributed by atoms with Crippen LogP contribution in [0.15, 0.2) is 0 Å². The number of carbonyl (C=O) groups excluding carboxylic acids is 2. The van der Waals surface area contributed by atoms with E-state index in [4.69, 9.17) is 24.7 Å². The summed E-state index contributed by atoms with van der Waals surface area (Å²) in [6.45, 7) is 14.5. The number of fused-ring (bicyclic) bond motifs is 4. The summed E-state index contributed by atoms with van der Waals surface area (Å²) >= 11 is 0. The Morgan fingerprint density at radius 2 is 1.78 bits per heavy atom. The fourth-order valence-corrected chi connectivity index (χ4v) is 12.9. The number of esters is 1. The number of aliphatic hydroxyl groups is 1. The van der Waals surface area contributed by atoms with Gasteiger partial charge in [0.25, 0.3) is 0 Å². The van der Waals surface area contributed by atoms with Crippen LogP contribution in [0.1, 0.15) is 106 Å². The molecule has 3 N–H and O–H groups in total. The SMILES string of the molecule is CC(=O)O[C@@H](C1CCC2C(CC3C4CCC5C(C)(C)[C@@H](OC6CN(CC(N)=O)CCO6)CCC56C[C@@]46CCC23C)O1)C(C)(C)O. The zero-order valence-electron chi connectivity index (χ0n) is 28.5. The van der Waals surface area contributed by atoms with E-state index >= 15 is 0 Å². The normalized spacial score (nSPS) is 47.7. The highest BCUT2D eigenvalue weighted by Crippen LogP contribution is 2.87. The monoisotopic (exact) mass is 630 g/mol. The Bertz CT molecular complexity index is 1190. The lowest BCUT2D eigenvalue weighted by Crippen LogP contribution is -2.56. The van der Waals surface area contributed by atoms with Crippen LogP contribution < -0.4 is 5.73 Å². The third kappa shape index (κ3) is 5.03. The maximum Gasteiger partial charge on any atom is 0.303 e. The summed E-state index contributed by atoms with van der Waals surface area (Å²) in [7, 11) is 0. The van der Waals surface area contributed by atoms with Crippen LogP contribution in [0.5, 0.6) is 0 Å². The summed E-state index contributed by atoms with van der Waals surface area (Å²) in [6.07, 6.45) is 11.0. The lowest BCUT2D eigenvalue weighted by atomic mass is 9.46. The molecule has 0 bridgehead atoms. The van der Waals surface area contributed by atoms with Gasteiger partial charge in [0, 0.05) is 13.5 Å². The van der Waals surface area contributed by atoms with Gasteiger partial charge in [0.05, 0.1) is 43.6 Å². The predicted molar refractivity (Wildman–Crippen MR) is 168 cm³/mol. The van der Waals surface area contributed by atoms with Gasteiger partial charge in [-0.05, 0) is 123 Å². The maximum absolute atomic E-state index is 11.9. The van der Waals surface area contributed by atoms with E-state index in [1.807, 2.05) is 0 Å². The first-order chi connectivity index (χ1) is 21.1. The molecule has 0 aromatic carbocycles. The Morgan fingerprint density at radius 1 is 1.02 bits per heavy atom. The lowest BCUT2D eigenvalue weighted by Gasteiger charge is -2.60. The van der Waals surface area contributed by atoms with E-state index in [-0.39, 0.29) is 48.4 Å². The molecule has 9 unspecified atom stereocenters. The van der Waals surface area contributed by atoms with Crippen molar-refractivity contribution in [2.75, 3.05) is 26.2 Å². The van der Waals surface area contributed by atoms with Gasteiger partial charge < -0.3 is 29.8 Å². The lowest BCUT2D eigenvalue weighted by molar-refractivity contribution is -0.244. The zero-order chi connectivity index (χ0) is 32.2. The number of ether oxygens (including phenoxy) is 4. The fraction of sp³-hybridized carbons (Fsp3) is 0.944. The Hall–Kier alpha value is -1.26. The summed E-state index contributed by atoms with van der Waals surface area (Å²) in [6, 6.07) is 0. The van der Waals surface area contributed by atoms with Crippen LogP contribution in [0.2, 0.25) is 0 Å². The molecule has 9 heteroatoms. The second kappa shape index (κ2) is 10.9. The van der Waals surface area contributed by atoms with Crippen LogP contribution in [0.25, 0.3) is 0 Å². The van der Waals surface area contributed by atoms with Crippen molar-refractivity contribution in [3.63, 3.8) is 0 Å². The standard InChI is InChI=1S/C36H58N2O7/c1-21(39)43-31(33(4,5)41)25-9-7-23-26(44-25)17-24-22-8-10-27-32(2,3)28(45-30-19-38(15-16-42-30)18-29(37)40)11-12-36(27)20-35(22,36)14-13-34(23,24)6/h22-28,30-31,41H,7-20H2,1-6H3,(H2,37,40)/t22?,23?,24?,25?,26?,27?,28-,30?,31-,34?,35-,36?/m0/s1. The largest absolute Gasteiger partial charge is 0.457 e. The van der Waals surface area contributed by atoms with E-state index in [1.165, 1.54) is 45.4 Å². The molecule has 5 saturated carbocycles. The van der Waals surface area contributed by atoms with Crippen LogP contribution in [0.3, 0.4) is 0 Å². The van der Waals surface area contributed by atoms with Crippen molar-refractivity contribution in [3.05, 3.63) is 0 Å². The molecular weight excluding hydrogens is 572 g/mol. The first-order valence-electron chi connectivity index (χ1n) is 17.9. The summed E-state index contributed by atoms with van der Waals surface area (Å²) in [5.41, 5.74) is 5.54. The Balaban J connectivity index is 1.05. The summed E-state index contributed by atoms with van der Waals surface area (Å²) < 4.78 is 25.3. The third-order valence-electron chi connectivity index (χ3n) is 14.7. The smallest absolute Gasteiger partial charge is 0.303 e. The van der Waals surface area contributed by atoms with Crippen molar-refractivity contribution in [1.82, 2.24) is 4.90 Å². The van der Waals surface area contributed by atoms with E-state index in [9.17, 15) is 14.7 Å². The van der Waals surface area contributed by atoms with Gasteiger partial charge >= 0.3 is 5.97 Å². The second-order valence-electron chi connectivity index (χ2n) is 17.6. The number of amides is 1. The van der Waals surface area contributed by atoms with Crippen molar-refractivity contribution in [1.29, 1.82) is 0 Å². The number of carbonyl (C=O) groups is 2. The molecule has 7 aliphatic rings. The van der Waals surface area contributed by atoms with Crippen molar-refractivity contribution >= 4 is 11.9 Å². The van der Waals surface area contributed by atoms with E-state index < -0.39 is 11.7 Å². The molecule has 2 spiro atoms. The maximum atomic E-state index is 11.9. The van der Waals surface area contributed by atoms with Gasteiger partial charge in [-0.2, -0.15) is 0 Å². The predicted octanol–water partition coefficient (Wildman–Crippen LogP) is 4.42.